The molecule has 5 nitrogen and oxygen atoms in total. The van der Waals surface area contributed by atoms with E-state index in [1.54, 1.807) is 6.92 Å². The molecule has 0 fully saturated rings. The summed E-state index contributed by atoms with van der Waals surface area (Å²) in [6, 6.07) is 1.35. The van der Waals surface area contributed by atoms with Gasteiger partial charge in [-0.25, -0.2) is 4.98 Å². The summed E-state index contributed by atoms with van der Waals surface area (Å²) in [5, 5.41) is 2.80. The first kappa shape index (κ1) is 17.5. The zero-order valence-electron chi connectivity index (χ0n) is 12.3. The highest BCUT2D eigenvalue weighted by Gasteiger charge is 2.35. The second kappa shape index (κ2) is 8.02. The molecule has 1 rings (SSSR count). The summed E-state index contributed by atoms with van der Waals surface area (Å²) < 4.78 is 48.8. The van der Waals surface area contributed by atoms with Crippen molar-refractivity contribution >= 4 is 5.82 Å². The first-order chi connectivity index (χ1) is 9.86. The number of rotatable bonds is 8. The van der Waals surface area contributed by atoms with Gasteiger partial charge in [0.1, 0.15) is 11.9 Å². The van der Waals surface area contributed by atoms with Crippen molar-refractivity contribution in [2.45, 2.75) is 39.5 Å². The van der Waals surface area contributed by atoms with Crippen LogP contribution in [0.3, 0.4) is 0 Å². The van der Waals surface area contributed by atoms with Gasteiger partial charge in [-0.15, -0.1) is 0 Å². The Morgan fingerprint density at radius 2 is 2.00 bits per heavy atom. The van der Waals surface area contributed by atoms with Crippen molar-refractivity contribution in [2.24, 2.45) is 0 Å². The Bertz CT molecular complexity index is 441. The lowest BCUT2D eigenvalue weighted by molar-refractivity contribution is -0.145. The fraction of sp³-hybridized carbons (Fsp3) is 0.692. The highest BCUT2D eigenvalue weighted by molar-refractivity contribution is 5.38. The largest absolute Gasteiger partial charge is 0.472 e. The fourth-order valence-electron chi connectivity index (χ4n) is 1.48. The van der Waals surface area contributed by atoms with E-state index in [0.29, 0.717) is 13.2 Å². The van der Waals surface area contributed by atoms with Gasteiger partial charge in [-0.05, 0) is 20.3 Å². The number of aromatic nitrogens is 2. The van der Waals surface area contributed by atoms with Crippen LogP contribution in [0.4, 0.5) is 19.0 Å². The third-order valence-electron chi connectivity index (χ3n) is 2.39. The van der Waals surface area contributed by atoms with Gasteiger partial charge in [0.15, 0.2) is 0 Å². The minimum Gasteiger partial charge on any atom is -0.472 e. The summed E-state index contributed by atoms with van der Waals surface area (Å²) >= 11 is 0. The molecule has 21 heavy (non-hydrogen) atoms. The molecular formula is C13H20F3N3O2. The Morgan fingerprint density at radius 1 is 1.29 bits per heavy atom. The van der Waals surface area contributed by atoms with Crippen LogP contribution in [0.25, 0.3) is 0 Å². The lowest BCUT2D eigenvalue weighted by Gasteiger charge is -2.16. The molecule has 1 N–H and O–H groups in total. The standard InChI is InChI=1S/C13H20F3N3O2/c1-4-6-17-10-7-11(21-9(3)8-20-5-2)19-12(18-10)13(14,15)16/h7,9H,4-6,8H2,1-3H3,(H,17,18,19). The number of nitrogens with zero attached hydrogens (tertiary/aromatic N) is 2. The number of nitrogens with one attached hydrogen (secondary N) is 1. The van der Waals surface area contributed by atoms with Gasteiger partial charge in [0.2, 0.25) is 11.7 Å². The smallest absolute Gasteiger partial charge is 0.451 e. The Kier molecular flexibility index (Phi) is 6.67. The third-order valence-corrected chi connectivity index (χ3v) is 2.39. The maximum atomic E-state index is 12.8. The van der Waals surface area contributed by atoms with Gasteiger partial charge in [-0.3, -0.25) is 0 Å². The van der Waals surface area contributed by atoms with E-state index in [1.807, 2.05) is 13.8 Å². The Labute approximate surface area is 121 Å². The van der Waals surface area contributed by atoms with Gasteiger partial charge in [-0.1, -0.05) is 6.92 Å². The molecule has 0 aromatic carbocycles. The summed E-state index contributed by atoms with van der Waals surface area (Å²) in [5.41, 5.74) is 0. The third kappa shape index (κ3) is 6.16. The molecule has 0 amide bonds. The molecule has 1 atom stereocenters. The quantitative estimate of drug-likeness (QED) is 0.799. The summed E-state index contributed by atoms with van der Waals surface area (Å²) in [4.78, 5) is 6.86. The number of hydrogen-bond donors (Lipinski definition) is 1. The second-order valence-corrected chi connectivity index (χ2v) is 4.43. The molecule has 0 saturated carbocycles. The lowest BCUT2D eigenvalue weighted by atomic mass is 10.4. The second-order valence-electron chi connectivity index (χ2n) is 4.43. The first-order valence-corrected chi connectivity index (χ1v) is 6.81. The van der Waals surface area contributed by atoms with E-state index in [9.17, 15) is 13.2 Å². The van der Waals surface area contributed by atoms with Crippen molar-refractivity contribution in [1.82, 2.24) is 9.97 Å². The van der Waals surface area contributed by atoms with Crippen LogP contribution >= 0.6 is 0 Å². The fourth-order valence-corrected chi connectivity index (χ4v) is 1.48. The molecular weight excluding hydrogens is 287 g/mol. The molecule has 120 valence electrons. The van der Waals surface area contributed by atoms with Crippen molar-refractivity contribution in [2.75, 3.05) is 25.1 Å². The van der Waals surface area contributed by atoms with E-state index in [2.05, 4.69) is 15.3 Å². The van der Waals surface area contributed by atoms with Crippen molar-refractivity contribution in [3.63, 3.8) is 0 Å². The van der Waals surface area contributed by atoms with E-state index >= 15 is 0 Å². The van der Waals surface area contributed by atoms with Gasteiger partial charge in [-0.2, -0.15) is 18.2 Å². The zero-order valence-corrected chi connectivity index (χ0v) is 12.3. The molecule has 0 saturated heterocycles. The minimum atomic E-state index is -4.62. The van der Waals surface area contributed by atoms with Crippen LogP contribution in [0, 0.1) is 0 Å². The number of ether oxygens (including phenoxy) is 2. The normalized spacial score (nSPS) is 13.0. The van der Waals surface area contributed by atoms with Crippen molar-refractivity contribution in [3.8, 4) is 5.88 Å². The molecule has 1 aromatic rings. The first-order valence-electron chi connectivity index (χ1n) is 6.81. The minimum absolute atomic E-state index is 0.0952. The van der Waals surface area contributed by atoms with Crippen LogP contribution in [0.2, 0.25) is 0 Å². The zero-order chi connectivity index (χ0) is 15.9. The van der Waals surface area contributed by atoms with Gasteiger partial charge in [0, 0.05) is 19.2 Å². The van der Waals surface area contributed by atoms with Crippen LogP contribution in [0.15, 0.2) is 6.07 Å². The van der Waals surface area contributed by atoms with Crippen molar-refractivity contribution < 1.29 is 22.6 Å². The molecule has 0 aliphatic heterocycles. The molecule has 1 aromatic heterocycles. The Hall–Kier alpha value is -1.57. The summed E-state index contributed by atoms with van der Waals surface area (Å²) in [6.45, 7) is 6.73. The van der Waals surface area contributed by atoms with E-state index in [4.69, 9.17) is 9.47 Å². The summed E-state index contributed by atoms with van der Waals surface area (Å²) in [5.74, 6) is -1.25. The van der Waals surface area contributed by atoms with Gasteiger partial charge >= 0.3 is 6.18 Å². The highest BCUT2D eigenvalue weighted by Crippen LogP contribution is 2.29. The predicted molar refractivity (Wildman–Crippen MR) is 72.4 cm³/mol. The number of hydrogen-bond acceptors (Lipinski definition) is 5. The topological polar surface area (TPSA) is 56.3 Å². The van der Waals surface area contributed by atoms with Crippen LogP contribution in [0.1, 0.15) is 33.0 Å². The van der Waals surface area contributed by atoms with Crippen molar-refractivity contribution in [3.05, 3.63) is 11.9 Å². The molecule has 0 aliphatic carbocycles. The maximum absolute atomic E-state index is 12.8. The molecule has 1 heterocycles. The summed E-state index contributed by atoms with van der Waals surface area (Å²) in [6.07, 6.45) is -4.26. The van der Waals surface area contributed by atoms with E-state index in [1.165, 1.54) is 6.07 Å². The van der Waals surface area contributed by atoms with Crippen molar-refractivity contribution in [1.29, 1.82) is 0 Å². The van der Waals surface area contributed by atoms with Crippen LogP contribution in [0.5, 0.6) is 5.88 Å². The van der Waals surface area contributed by atoms with Crippen LogP contribution in [-0.4, -0.2) is 35.8 Å². The highest BCUT2D eigenvalue weighted by atomic mass is 19.4. The van der Waals surface area contributed by atoms with E-state index < -0.39 is 18.1 Å². The molecule has 1 unspecified atom stereocenters. The number of halogens is 3. The van der Waals surface area contributed by atoms with Gasteiger partial charge in [0.25, 0.3) is 0 Å². The molecule has 0 spiro atoms. The number of alkyl halides is 3. The predicted octanol–water partition coefficient (Wildman–Crippen LogP) is 3.12. The summed E-state index contributed by atoms with van der Waals surface area (Å²) in [7, 11) is 0. The molecule has 0 aliphatic rings. The van der Waals surface area contributed by atoms with E-state index in [0.717, 1.165) is 6.42 Å². The Balaban J connectivity index is 2.90. The Morgan fingerprint density at radius 3 is 2.57 bits per heavy atom. The lowest BCUT2D eigenvalue weighted by Crippen LogP contribution is -2.21. The molecule has 0 radical (unpaired) electrons. The number of anilines is 1. The van der Waals surface area contributed by atoms with Gasteiger partial charge < -0.3 is 14.8 Å². The van der Waals surface area contributed by atoms with E-state index in [-0.39, 0.29) is 18.3 Å². The van der Waals surface area contributed by atoms with Crippen LogP contribution in [-0.2, 0) is 10.9 Å². The SMILES string of the molecule is CCCNc1cc(OC(C)COCC)nc(C(F)(F)F)n1. The monoisotopic (exact) mass is 307 g/mol. The molecule has 8 heteroatoms. The molecule has 0 bridgehead atoms. The van der Waals surface area contributed by atoms with Crippen LogP contribution < -0.4 is 10.1 Å². The maximum Gasteiger partial charge on any atom is 0.451 e. The average molecular weight is 307 g/mol. The van der Waals surface area contributed by atoms with Gasteiger partial charge in [0.05, 0.1) is 6.61 Å². The average Bonchev–Trinajstić information content (AvgIpc) is 2.41.